The molecule has 2 aromatic heterocycles. The summed E-state index contributed by atoms with van der Waals surface area (Å²) in [5, 5.41) is 5.81. The maximum atomic E-state index is 15.0. The monoisotopic (exact) mass is 843 g/mol. The van der Waals surface area contributed by atoms with Gasteiger partial charge in [-0.15, -0.1) is 0 Å². The predicted octanol–water partition coefficient (Wildman–Crippen LogP) is 11.9. The zero-order chi connectivity index (χ0) is 45.7. The van der Waals surface area contributed by atoms with Gasteiger partial charge in [-0.3, -0.25) is 23.3 Å². The van der Waals surface area contributed by atoms with E-state index in [-0.39, 0.29) is 29.2 Å². The van der Waals surface area contributed by atoms with Gasteiger partial charge in [0.1, 0.15) is 12.5 Å². The lowest BCUT2D eigenvalue weighted by atomic mass is 10.1. The Balaban J connectivity index is 0. The number of hydrogen-bond donors (Lipinski definition) is 2. The largest absolute Gasteiger partial charge is 0.493 e. The number of rotatable bonds is 12. The number of methoxy groups -OCH3 is 3. The lowest BCUT2D eigenvalue weighted by molar-refractivity contribution is -0.133. The van der Waals surface area contributed by atoms with Gasteiger partial charge >= 0.3 is 7.82 Å². The number of aromatic nitrogens is 3. The van der Waals surface area contributed by atoms with Crippen LogP contribution in [0, 0.1) is 5.82 Å². The third-order valence-corrected chi connectivity index (χ3v) is 8.22. The number of halogens is 1. The molecule has 0 unspecified atom stereocenters. The Labute approximate surface area is 347 Å². The van der Waals surface area contributed by atoms with Crippen molar-refractivity contribution in [2.24, 2.45) is 0 Å². The van der Waals surface area contributed by atoms with E-state index in [0.717, 1.165) is 11.1 Å². The molecule has 0 spiro atoms. The van der Waals surface area contributed by atoms with Crippen LogP contribution in [-0.2, 0) is 22.9 Å². The highest BCUT2D eigenvalue weighted by atomic mass is 31.2. The van der Waals surface area contributed by atoms with Gasteiger partial charge in [-0.2, -0.15) is 4.98 Å². The van der Waals surface area contributed by atoms with Gasteiger partial charge in [-0.1, -0.05) is 69.2 Å². The zero-order valence-electron chi connectivity index (χ0n) is 38.9. The molecule has 15 nitrogen and oxygen atoms in total. The van der Waals surface area contributed by atoms with Crippen LogP contribution in [0.15, 0.2) is 30.5 Å². The van der Waals surface area contributed by atoms with Gasteiger partial charge in [0.05, 0.1) is 38.7 Å². The number of amides is 1. The fourth-order valence-corrected chi connectivity index (χ4v) is 6.17. The van der Waals surface area contributed by atoms with E-state index < -0.39 is 43.1 Å². The van der Waals surface area contributed by atoms with Gasteiger partial charge in [0, 0.05) is 17.8 Å². The highest BCUT2D eigenvalue weighted by molar-refractivity contribution is 7.48. The smallest absolute Gasteiger partial charge is 0.477 e. The topological polar surface area (TPSA) is 165 Å². The van der Waals surface area contributed by atoms with E-state index in [0.29, 0.717) is 22.9 Å². The number of phosphoric ester groups is 1. The van der Waals surface area contributed by atoms with Crippen molar-refractivity contribution in [3.05, 3.63) is 36.3 Å². The number of carbonyl (C=O) groups is 1. The molecular weight excluding hydrogens is 770 g/mol. The Morgan fingerprint density at radius 2 is 1.29 bits per heavy atom. The lowest BCUT2D eigenvalue weighted by Gasteiger charge is -2.38. The number of carbonyl (C=O) groups excluding carboxylic acids is 1. The minimum absolute atomic E-state index is 0.0210. The SMILES string of the molecule is CC.CC.CC.CC.CC.COc1cc(Nc2ncc(F)c(Nc3ccc4c(n3)N(COP(=O)(OC(C)(C)C)OC(C)(C)C)C(=O)C(C)(C)O4)n2)cc(OC)c1OC. The number of nitrogens with one attached hydrogen (secondary N) is 2. The molecular formula is C41H72FN6O9P. The summed E-state index contributed by atoms with van der Waals surface area (Å²) in [5.74, 6) is 0.0126. The highest BCUT2D eigenvalue weighted by Gasteiger charge is 2.44. The summed E-state index contributed by atoms with van der Waals surface area (Å²) in [6.07, 6.45) is 0.978. The van der Waals surface area contributed by atoms with Crippen LogP contribution in [0.5, 0.6) is 23.0 Å². The summed E-state index contributed by atoms with van der Waals surface area (Å²) < 4.78 is 67.9. The summed E-state index contributed by atoms with van der Waals surface area (Å²) >= 11 is 0. The molecule has 3 aromatic rings. The van der Waals surface area contributed by atoms with Crippen LogP contribution >= 0.6 is 7.82 Å². The van der Waals surface area contributed by atoms with E-state index >= 15 is 0 Å². The molecule has 0 atom stereocenters. The van der Waals surface area contributed by atoms with Crippen LogP contribution in [0.3, 0.4) is 0 Å². The molecule has 0 saturated heterocycles. The van der Waals surface area contributed by atoms with Crippen molar-refractivity contribution in [1.82, 2.24) is 15.0 Å². The highest BCUT2D eigenvalue weighted by Crippen LogP contribution is 2.56. The molecule has 17 heteroatoms. The fraction of sp³-hybridized carbons (Fsp3) is 0.610. The number of benzene rings is 1. The predicted molar refractivity (Wildman–Crippen MR) is 233 cm³/mol. The Morgan fingerprint density at radius 1 is 0.793 bits per heavy atom. The van der Waals surface area contributed by atoms with Gasteiger partial charge in [0.25, 0.3) is 5.91 Å². The molecule has 1 aromatic carbocycles. The van der Waals surface area contributed by atoms with E-state index in [4.69, 9.17) is 32.5 Å². The molecule has 1 amide bonds. The molecule has 0 aliphatic carbocycles. The van der Waals surface area contributed by atoms with Gasteiger partial charge in [0.15, 0.2) is 40.3 Å². The third kappa shape index (κ3) is 16.9. The molecule has 0 bridgehead atoms. The molecule has 0 fully saturated rings. The first kappa shape index (κ1) is 55.9. The summed E-state index contributed by atoms with van der Waals surface area (Å²) in [7, 11) is 0.239. The van der Waals surface area contributed by atoms with E-state index in [2.05, 4.69) is 25.6 Å². The minimum atomic E-state index is -4.21. The van der Waals surface area contributed by atoms with E-state index in [1.54, 1.807) is 73.6 Å². The average molecular weight is 843 g/mol. The van der Waals surface area contributed by atoms with Crippen LogP contribution in [0.25, 0.3) is 0 Å². The van der Waals surface area contributed by atoms with Gasteiger partial charge in [0.2, 0.25) is 11.7 Å². The minimum Gasteiger partial charge on any atom is -0.493 e. The molecule has 58 heavy (non-hydrogen) atoms. The second kappa shape index (κ2) is 26.0. The standard InChI is InChI=1S/C31H42FN6O9P.5C2H6/c1-29(2,3)46-48(40,47-30(4,5)6)44-17-38-26-20(45-31(7,8)27(38)39)12-13-23(36-26)35-25-19(32)16-33-28(37-25)34-18-14-21(41-9)24(43-11)22(15-18)42-10;5*1-2/h12-16H,17H2,1-11H3,(H2,33,34,35,36,37);5*1-2H3. The van der Waals surface area contributed by atoms with Crippen LogP contribution in [0.2, 0.25) is 0 Å². The molecule has 2 N–H and O–H groups in total. The number of pyridine rings is 1. The van der Waals surface area contributed by atoms with Gasteiger partial charge < -0.3 is 29.6 Å². The van der Waals surface area contributed by atoms with Crippen LogP contribution < -0.4 is 34.5 Å². The quantitative estimate of drug-likeness (QED) is 0.165. The van der Waals surface area contributed by atoms with Gasteiger partial charge in [-0.25, -0.2) is 18.9 Å². The van der Waals surface area contributed by atoms with E-state index in [9.17, 15) is 13.8 Å². The molecule has 0 saturated carbocycles. The van der Waals surface area contributed by atoms with Crippen molar-refractivity contribution in [3.63, 3.8) is 0 Å². The Kier molecular flexibility index (Phi) is 25.0. The van der Waals surface area contributed by atoms with Crippen LogP contribution in [0.4, 0.5) is 33.5 Å². The van der Waals surface area contributed by atoms with Crippen molar-refractivity contribution in [3.8, 4) is 23.0 Å². The number of hydrogen-bond acceptors (Lipinski definition) is 14. The number of phosphoric acid groups is 1. The van der Waals surface area contributed by atoms with Crippen molar-refractivity contribution >= 4 is 42.8 Å². The molecule has 4 rings (SSSR count). The molecule has 0 radical (unpaired) electrons. The summed E-state index contributed by atoms with van der Waals surface area (Å²) in [4.78, 5) is 27.5. The third-order valence-electron chi connectivity index (χ3n) is 6.25. The van der Waals surface area contributed by atoms with Crippen molar-refractivity contribution < 1.29 is 46.3 Å². The molecule has 3 heterocycles. The summed E-state index contributed by atoms with van der Waals surface area (Å²) in [6.45, 7) is 32.8. The Bertz CT molecular complexity index is 1670. The van der Waals surface area contributed by atoms with Crippen molar-refractivity contribution in [1.29, 1.82) is 0 Å². The first-order valence-corrected chi connectivity index (χ1v) is 21.3. The Morgan fingerprint density at radius 3 is 1.74 bits per heavy atom. The first-order chi connectivity index (χ1) is 27.3. The van der Waals surface area contributed by atoms with Gasteiger partial charge in [-0.05, 0) is 67.5 Å². The maximum Gasteiger partial charge on any atom is 0.477 e. The normalized spacial score (nSPS) is 12.6. The number of anilines is 5. The lowest BCUT2D eigenvalue weighted by Crippen LogP contribution is -2.53. The molecule has 1 aliphatic heterocycles. The number of fused-ring (bicyclic) bond motifs is 1. The zero-order valence-corrected chi connectivity index (χ0v) is 39.8. The summed E-state index contributed by atoms with van der Waals surface area (Å²) in [6, 6.07) is 6.35. The van der Waals surface area contributed by atoms with Crippen LogP contribution in [-0.4, -0.2) is 65.7 Å². The molecule has 332 valence electrons. The fourth-order valence-electron chi connectivity index (χ4n) is 4.43. The van der Waals surface area contributed by atoms with E-state index in [1.165, 1.54) is 27.4 Å². The molecule has 1 aliphatic rings. The van der Waals surface area contributed by atoms with Crippen molar-refractivity contribution in [2.75, 3.05) is 43.6 Å². The number of nitrogens with zero attached hydrogens (tertiary/aromatic N) is 4. The maximum absolute atomic E-state index is 15.0. The van der Waals surface area contributed by atoms with E-state index in [1.807, 2.05) is 69.2 Å². The second-order valence-corrected chi connectivity index (χ2v) is 14.5. The second-order valence-electron chi connectivity index (χ2n) is 13.0. The summed E-state index contributed by atoms with van der Waals surface area (Å²) in [5.41, 5.74) is -2.64. The van der Waals surface area contributed by atoms with Crippen molar-refractivity contribution in [2.45, 2.75) is 141 Å². The van der Waals surface area contributed by atoms with Crippen LogP contribution in [0.1, 0.15) is 125 Å². The average Bonchev–Trinajstić information content (AvgIpc) is 3.18. The Hall–Kier alpha value is -4.24. The first-order valence-electron chi connectivity index (χ1n) is 19.8. The number of ether oxygens (including phenoxy) is 4.